The highest BCUT2D eigenvalue weighted by Gasteiger charge is 2.20. The van der Waals surface area contributed by atoms with Gasteiger partial charge in [-0.25, -0.2) is 8.78 Å². The Morgan fingerprint density at radius 1 is 1.15 bits per heavy atom. The molecular weight excluding hydrogens is 264 g/mol. The zero-order valence-corrected chi connectivity index (χ0v) is 11.0. The Bertz CT molecular complexity index is 661. The second-order valence-electron chi connectivity index (χ2n) is 4.37. The van der Waals surface area contributed by atoms with E-state index in [0.29, 0.717) is 5.69 Å². The van der Waals surface area contributed by atoms with E-state index < -0.39 is 23.0 Å². The van der Waals surface area contributed by atoms with Crippen LogP contribution < -0.4 is 10.5 Å². The van der Waals surface area contributed by atoms with Crippen molar-refractivity contribution in [3.05, 3.63) is 58.7 Å². The van der Waals surface area contributed by atoms with Gasteiger partial charge in [0.1, 0.15) is 17.4 Å². The smallest absolute Gasteiger partial charge is 0.199 e. The zero-order chi connectivity index (χ0) is 14.9. The Balaban J connectivity index is 2.50. The van der Waals surface area contributed by atoms with E-state index in [-0.39, 0.29) is 11.3 Å². The van der Waals surface area contributed by atoms with Crippen molar-refractivity contribution in [1.82, 2.24) is 0 Å². The third-order valence-electron chi connectivity index (χ3n) is 3.02. The van der Waals surface area contributed by atoms with Crippen LogP contribution in [-0.2, 0) is 0 Å². The van der Waals surface area contributed by atoms with E-state index in [2.05, 4.69) is 0 Å². The summed E-state index contributed by atoms with van der Waals surface area (Å²) in [6.45, 7) is 1.78. The topological polar surface area (TPSA) is 52.3 Å². The van der Waals surface area contributed by atoms with Gasteiger partial charge in [0, 0.05) is 23.4 Å². The maximum Gasteiger partial charge on any atom is 0.199 e. The molecule has 0 amide bonds. The van der Waals surface area contributed by atoms with E-state index in [0.717, 1.165) is 17.7 Å². The normalized spacial score (nSPS) is 10.4. The fourth-order valence-electron chi connectivity index (χ4n) is 1.81. The molecule has 0 unspecified atom stereocenters. The van der Waals surface area contributed by atoms with Crippen LogP contribution in [0.2, 0.25) is 0 Å². The van der Waals surface area contributed by atoms with Crippen LogP contribution in [0.3, 0.4) is 0 Å². The summed E-state index contributed by atoms with van der Waals surface area (Å²) in [6.07, 6.45) is 0. The molecule has 3 nitrogen and oxygen atoms in total. The Kier molecular flexibility index (Phi) is 3.70. The van der Waals surface area contributed by atoms with Crippen molar-refractivity contribution in [3.8, 4) is 5.75 Å². The SMILES string of the molecule is COc1cc(F)c(C(=O)c2ccc(C)c(N)c2)c(F)c1. The molecule has 20 heavy (non-hydrogen) atoms. The number of carbonyl (C=O) groups is 1. The van der Waals surface area contributed by atoms with Crippen molar-refractivity contribution in [2.24, 2.45) is 0 Å². The lowest BCUT2D eigenvalue weighted by atomic mass is 10.00. The Morgan fingerprint density at radius 3 is 2.25 bits per heavy atom. The predicted molar refractivity (Wildman–Crippen MR) is 71.9 cm³/mol. The molecule has 0 aliphatic carbocycles. The number of ketones is 1. The summed E-state index contributed by atoms with van der Waals surface area (Å²) in [6, 6.07) is 6.45. The zero-order valence-electron chi connectivity index (χ0n) is 11.0. The van der Waals surface area contributed by atoms with E-state index in [4.69, 9.17) is 10.5 Å². The number of rotatable bonds is 3. The largest absolute Gasteiger partial charge is 0.497 e. The summed E-state index contributed by atoms with van der Waals surface area (Å²) in [5, 5.41) is 0. The lowest BCUT2D eigenvalue weighted by Gasteiger charge is -2.08. The van der Waals surface area contributed by atoms with Crippen LogP contribution in [0.15, 0.2) is 30.3 Å². The van der Waals surface area contributed by atoms with Gasteiger partial charge in [0.15, 0.2) is 5.78 Å². The van der Waals surface area contributed by atoms with Crippen LogP contribution in [0.4, 0.5) is 14.5 Å². The summed E-state index contributed by atoms with van der Waals surface area (Å²) in [5.74, 6) is -2.67. The predicted octanol–water partition coefficient (Wildman–Crippen LogP) is 3.10. The number of ether oxygens (including phenoxy) is 1. The third-order valence-corrected chi connectivity index (χ3v) is 3.02. The number of hydrogen-bond donors (Lipinski definition) is 1. The first kappa shape index (κ1) is 14.0. The van der Waals surface area contributed by atoms with Crippen LogP contribution in [0.5, 0.6) is 5.75 Å². The van der Waals surface area contributed by atoms with Crippen molar-refractivity contribution in [2.45, 2.75) is 6.92 Å². The fourth-order valence-corrected chi connectivity index (χ4v) is 1.81. The molecule has 0 aromatic heterocycles. The highest BCUT2D eigenvalue weighted by atomic mass is 19.1. The summed E-state index contributed by atoms with van der Waals surface area (Å²) >= 11 is 0. The molecule has 0 saturated carbocycles. The van der Waals surface area contributed by atoms with Crippen molar-refractivity contribution in [1.29, 1.82) is 0 Å². The molecule has 0 heterocycles. The average Bonchev–Trinajstić information content (AvgIpc) is 2.40. The van der Waals surface area contributed by atoms with Gasteiger partial charge in [-0.15, -0.1) is 0 Å². The summed E-state index contributed by atoms with van der Waals surface area (Å²) in [5.41, 5.74) is 6.40. The fraction of sp³-hybridized carbons (Fsp3) is 0.133. The lowest BCUT2D eigenvalue weighted by Crippen LogP contribution is -2.09. The van der Waals surface area contributed by atoms with Gasteiger partial charge in [-0.3, -0.25) is 4.79 Å². The van der Waals surface area contributed by atoms with Crippen molar-refractivity contribution >= 4 is 11.5 Å². The van der Waals surface area contributed by atoms with Gasteiger partial charge in [-0.05, 0) is 18.6 Å². The molecule has 0 saturated heterocycles. The first-order valence-corrected chi connectivity index (χ1v) is 5.88. The number of anilines is 1. The molecule has 0 fully saturated rings. The molecule has 0 aliphatic heterocycles. The number of nitrogens with two attached hydrogens (primary N) is 1. The number of benzene rings is 2. The van der Waals surface area contributed by atoms with Gasteiger partial charge in [-0.2, -0.15) is 0 Å². The van der Waals surface area contributed by atoms with Crippen LogP contribution in [0.25, 0.3) is 0 Å². The number of halogens is 2. The van der Waals surface area contributed by atoms with Gasteiger partial charge in [0.05, 0.1) is 12.7 Å². The molecule has 0 spiro atoms. The third kappa shape index (κ3) is 2.47. The highest BCUT2D eigenvalue weighted by molar-refractivity contribution is 6.09. The number of carbonyl (C=O) groups excluding carboxylic acids is 1. The monoisotopic (exact) mass is 277 g/mol. The molecule has 0 atom stereocenters. The molecule has 2 aromatic rings. The lowest BCUT2D eigenvalue weighted by molar-refractivity contribution is 0.103. The first-order chi connectivity index (χ1) is 9.43. The molecule has 0 radical (unpaired) electrons. The maximum absolute atomic E-state index is 13.8. The van der Waals surface area contributed by atoms with Gasteiger partial charge in [-0.1, -0.05) is 12.1 Å². The number of methoxy groups -OCH3 is 1. The average molecular weight is 277 g/mol. The Labute approximate surface area is 115 Å². The number of nitrogen functional groups attached to an aromatic ring is 1. The number of aryl methyl sites for hydroxylation is 1. The van der Waals surface area contributed by atoms with E-state index in [1.54, 1.807) is 13.0 Å². The minimum absolute atomic E-state index is 0.0139. The molecule has 0 aliphatic rings. The van der Waals surface area contributed by atoms with Gasteiger partial charge in [0.2, 0.25) is 0 Å². The summed E-state index contributed by atoms with van der Waals surface area (Å²) < 4.78 is 32.4. The van der Waals surface area contributed by atoms with Gasteiger partial charge in [0.25, 0.3) is 0 Å². The van der Waals surface area contributed by atoms with Gasteiger partial charge < -0.3 is 10.5 Å². The van der Waals surface area contributed by atoms with E-state index in [9.17, 15) is 13.6 Å². The standard InChI is InChI=1S/C15H13F2NO2/c1-8-3-4-9(5-13(8)18)15(19)14-11(16)6-10(20-2)7-12(14)17/h3-7H,18H2,1-2H3. The van der Waals surface area contributed by atoms with Crippen molar-refractivity contribution < 1.29 is 18.3 Å². The van der Waals surface area contributed by atoms with E-state index in [1.807, 2.05) is 0 Å². The second kappa shape index (κ2) is 5.28. The van der Waals surface area contributed by atoms with Crippen molar-refractivity contribution in [2.75, 3.05) is 12.8 Å². The first-order valence-electron chi connectivity index (χ1n) is 5.88. The Hall–Kier alpha value is -2.43. The van der Waals surface area contributed by atoms with Crippen LogP contribution in [0, 0.1) is 18.6 Å². The minimum atomic E-state index is -0.967. The molecule has 0 bridgehead atoms. The number of hydrogen-bond acceptors (Lipinski definition) is 3. The molecule has 104 valence electrons. The maximum atomic E-state index is 13.8. The van der Waals surface area contributed by atoms with Gasteiger partial charge >= 0.3 is 0 Å². The van der Waals surface area contributed by atoms with Crippen molar-refractivity contribution in [3.63, 3.8) is 0 Å². The molecule has 5 heteroatoms. The summed E-state index contributed by atoms with van der Waals surface area (Å²) in [7, 11) is 1.29. The minimum Gasteiger partial charge on any atom is -0.497 e. The second-order valence-corrected chi connectivity index (χ2v) is 4.37. The van der Waals surface area contributed by atoms with Crippen LogP contribution in [0.1, 0.15) is 21.5 Å². The quantitative estimate of drug-likeness (QED) is 0.693. The van der Waals surface area contributed by atoms with Crippen LogP contribution >= 0.6 is 0 Å². The van der Waals surface area contributed by atoms with E-state index >= 15 is 0 Å². The Morgan fingerprint density at radius 2 is 1.75 bits per heavy atom. The molecule has 2 rings (SSSR count). The van der Waals surface area contributed by atoms with E-state index in [1.165, 1.54) is 19.2 Å². The molecule has 2 aromatic carbocycles. The highest BCUT2D eigenvalue weighted by Crippen LogP contribution is 2.24. The van der Waals surface area contributed by atoms with Crippen LogP contribution in [-0.4, -0.2) is 12.9 Å². The molecular formula is C15H13F2NO2. The summed E-state index contributed by atoms with van der Waals surface area (Å²) in [4.78, 5) is 12.2. The molecule has 2 N–H and O–H groups in total.